The van der Waals surface area contributed by atoms with Gasteiger partial charge in [-0.1, -0.05) is 6.42 Å². The second kappa shape index (κ2) is 7.06. The summed E-state index contributed by atoms with van der Waals surface area (Å²) in [4.78, 5) is 10.8. The average molecular weight is 279 g/mol. The van der Waals surface area contributed by atoms with Crippen molar-refractivity contribution >= 4 is 16.0 Å². The van der Waals surface area contributed by atoms with Crippen molar-refractivity contribution in [2.75, 3.05) is 26.0 Å². The number of methoxy groups -OCH3 is 1. The number of carbonyl (C=O) groups is 1. The summed E-state index contributed by atoms with van der Waals surface area (Å²) in [6.07, 6.45) is 2.66. The van der Waals surface area contributed by atoms with Crippen LogP contribution in [0.4, 0.5) is 0 Å². The van der Waals surface area contributed by atoms with Crippen molar-refractivity contribution in [2.45, 2.75) is 38.1 Å². The standard InChI is InChI=1S/C11H21NO5S/c1-17-7-4-8-18(15,16)12-6-3-2-5-10(12)9-11(13)14/h10H,2-9H2,1H3,(H,13,14). The largest absolute Gasteiger partial charge is 0.481 e. The van der Waals surface area contributed by atoms with Crippen LogP contribution in [0.2, 0.25) is 0 Å². The number of carboxylic acid groups (broad SMARTS) is 1. The normalized spacial score (nSPS) is 21.9. The van der Waals surface area contributed by atoms with Gasteiger partial charge in [0.15, 0.2) is 0 Å². The Labute approximate surface area is 108 Å². The van der Waals surface area contributed by atoms with E-state index in [1.807, 2.05) is 0 Å². The van der Waals surface area contributed by atoms with Gasteiger partial charge in [0.2, 0.25) is 10.0 Å². The van der Waals surface area contributed by atoms with Crippen LogP contribution in [0.1, 0.15) is 32.1 Å². The van der Waals surface area contributed by atoms with Crippen LogP contribution in [0, 0.1) is 0 Å². The van der Waals surface area contributed by atoms with Gasteiger partial charge in [0.1, 0.15) is 0 Å². The van der Waals surface area contributed by atoms with Gasteiger partial charge in [0.25, 0.3) is 0 Å². The van der Waals surface area contributed by atoms with Gasteiger partial charge in [-0.15, -0.1) is 0 Å². The highest BCUT2D eigenvalue weighted by Gasteiger charge is 2.32. The molecule has 0 spiro atoms. The molecule has 1 aliphatic heterocycles. The fourth-order valence-electron chi connectivity index (χ4n) is 2.25. The molecule has 0 aromatic carbocycles. The Morgan fingerprint density at radius 2 is 2.17 bits per heavy atom. The van der Waals surface area contributed by atoms with E-state index in [4.69, 9.17) is 9.84 Å². The lowest BCUT2D eigenvalue weighted by Gasteiger charge is -2.33. The number of hydrogen-bond acceptors (Lipinski definition) is 4. The quantitative estimate of drug-likeness (QED) is 0.693. The summed E-state index contributed by atoms with van der Waals surface area (Å²) in [5, 5.41) is 8.82. The highest BCUT2D eigenvalue weighted by Crippen LogP contribution is 2.23. The Kier molecular flexibility index (Phi) is 6.04. The predicted octanol–water partition coefficient (Wildman–Crippen LogP) is 0.682. The molecule has 1 rings (SSSR count). The summed E-state index contributed by atoms with van der Waals surface area (Å²) < 4.78 is 30.5. The number of nitrogens with zero attached hydrogens (tertiary/aromatic N) is 1. The first-order valence-corrected chi connectivity index (χ1v) is 7.78. The highest BCUT2D eigenvalue weighted by molar-refractivity contribution is 7.89. The first-order chi connectivity index (χ1) is 8.47. The summed E-state index contributed by atoms with van der Waals surface area (Å²) in [6.45, 7) is 0.837. The molecule has 0 radical (unpaired) electrons. The molecule has 18 heavy (non-hydrogen) atoms. The summed E-state index contributed by atoms with van der Waals surface area (Å²) in [7, 11) is -1.83. The maximum atomic E-state index is 12.1. The second-order valence-corrected chi connectivity index (χ2v) is 6.56. The molecule has 7 heteroatoms. The van der Waals surface area contributed by atoms with Crippen molar-refractivity contribution in [1.29, 1.82) is 0 Å². The molecular weight excluding hydrogens is 258 g/mol. The minimum atomic E-state index is -3.36. The second-order valence-electron chi connectivity index (χ2n) is 4.52. The van der Waals surface area contributed by atoms with Gasteiger partial charge in [-0.3, -0.25) is 4.79 Å². The number of sulfonamides is 1. The molecule has 6 nitrogen and oxygen atoms in total. The van der Waals surface area contributed by atoms with Crippen LogP contribution < -0.4 is 0 Å². The van der Waals surface area contributed by atoms with Gasteiger partial charge in [-0.25, -0.2) is 8.42 Å². The molecule has 0 amide bonds. The topological polar surface area (TPSA) is 83.9 Å². The zero-order valence-electron chi connectivity index (χ0n) is 10.7. The summed E-state index contributed by atoms with van der Waals surface area (Å²) >= 11 is 0. The third-order valence-electron chi connectivity index (χ3n) is 3.09. The zero-order valence-corrected chi connectivity index (χ0v) is 11.5. The molecule has 1 unspecified atom stereocenters. The van der Waals surface area contributed by atoms with Crippen LogP contribution in [0.3, 0.4) is 0 Å². The van der Waals surface area contributed by atoms with Gasteiger partial charge >= 0.3 is 5.97 Å². The average Bonchev–Trinajstić information content (AvgIpc) is 2.29. The Hall–Kier alpha value is -0.660. The first-order valence-electron chi connectivity index (χ1n) is 6.17. The van der Waals surface area contributed by atoms with Gasteiger partial charge < -0.3 is 9.84 Å². The monoisotopic (exact) mass is 279 g/mol. The molecule has 0 aromatic heterocycles. The van der Waals surface area contributed by atoms with Crippen LogP contribution in [0.15, 0.2) is 0 Å². The van der Waals surface area contributed by atoms with Gasteiger partial charge in [-0.05, 0) is 19.3 Å². The van der Waals surface area contributed by atoms with Crippen LogP contribution in [-0.4, -0.2) is 55.9 Å². The third-order valence-corrected chi connectivity index (χ3v) is 5.09. The molecule has 1 N–H and O–H groups in total. The lowest BCUT2D eigenvalue weighted by Crippen LogP contribution is -2.45. The Balaban J connectivity index is 2.66. The molecule has 0 aromatic rings. The minimum absolute atomic E-state index is 0.0248. The zero-order chi connectivity index (χ0) is 13.6. The molecule has 0 bridgehead atoms. The highest BCUT2D eigenvalue weighted by atomic mass is 32.2. The van der Waals surface area contributed by atoms with E-state index in [0.717, 1.165) is 12.8 Å². The number of carboxylic acids is 1. The van der Waals surface area contributed by atoms with E-state index in [2.05, 4.69) is 0 Å². The van der Waals surface area contributed by atoms with Gasteiger partial charge in [0, 0.05) is 26.3 Å². The van der Waals surface area contributed by atoms with Crippen molar-refractivity contribution in [3.05, 3.63) is 0 Å². The maximum absolute atomic E-state index is 12.1. The predicted molar refractivity (Wildman–Crippen MR) is 66.9 cm³/mol. The number of aliphatic carboxylic acids is 1. The van der Waals surface area contributed by atoms with Crippen molar-refractivity contribution in [3.63, 3.8) is 0 Å². The minimum Gasteiger partial charge on any atom is -0.481 e. The number of rotatable bonds is 7. The van der Waals surface area contributed by atoms with Crippen LogP contribution in [-0.2, 0) is 19.6 Å². The van der Waals surface area contributed by atoms with E-state index in [9.17, 15) is 13.2 Å². The lowest BCUT2D eigenvalue weighted by atomic mass is 10.0. The SMILES string of the molecule is COCCCS(=O)(=O)N1CCCCC1CC(=O)O. The van der Waals surface area contributed by atoms with Crippen LogP contribution in [0.25, 0.3) is 0 Å². The van der Waals surface area contributed by atoms with Crippen molar-refractivity contribution in [3.8, 4) is 0 Å². The summed E-state index contributed by atoms with van der Waals surface area (Å²) in [6, 6.07) is -0.385. The number of ether oxygens (including phenoxy) is 1. The molecular formula is C11H21NO5S. The van der Waals surface area contributed by atoms with Crippen molar-refractivity contribution in [2.24, 2.45) is 0 Å². The molecule has 0 saturated carbocycles. The molecule has 1 atom stereocenters. The van der Waals surface area contributed by atoms with Crippen molar-refractivity contribution < 1.29 is 23.1 Å². The third kappa shape index (κ3) is 4.55. The smallest absolute Gasteiger partial charge is 0.304 e. The lowest BCUT2D eigenvalue weighted by molar-refractivity contribution is -0.138. The van der Waals surface area contributed by atoms with E-state index >= 15 is 0 Å². The molecule has 1 heterocycles. The maximum Gasteiger partial charge on any atom is 0.304 e. The van der Waals surface area contributed by atoms with E-state index in [1.165, 1.54) is 11.4 Å². The fraction of sp³-hybridized carbons (Fsp3) is 0.909. The van der Waals surface area contributed by atoms with Gasteiger partial charge in [0.05, 0.1) is 12.2 Å². The fourth-order valence-corrected chi connectivity index (χ4v) is 4.01. The van der Waals surface area contributed by atoms with E-state index in [1.54, 1.807) is 0 Å². The van der Waals surface area contributed by atoms with Gasteiger partial charge in [-0.2, -0.15) is 4.31 Å². The molecule has 1 fully saturated rings. The molecule has 106 valence electrons. The molecule has 0 aliphatic carbocycles. The Morgan fingerprint density at radius 1 is 1.44 bits per heavy atom. The Morgan fingerprint density at radius 3 is 2.78 bits per heavy atom. The number of hydrogen-bond donors (Lipinski definition) is 1. The van der Waals surface area contributed by atoms with E-state index in [-0.39, 0.29) is 18.2 Å². The Bertz CT molecular complexity index is 368. The summed E-state index contributed by atoms with van der Waals surface area (Å²) in [5.41, 5.74) is 0. The van der Waals surface area contributed by atoms with Crippen LogP contribution >= 0.6 is 0 Å². The van der Waals surface area contributed by atoms with E-state index < -0.39 is 16.0 Å². The first kappa shape index (κ1) is 15.4. The van der Waals surface area contributed by atoms with E-state index in [0.29, 0.717) is 26.0 Å². The number of piperidine rings is 1. The molecule has 1 aliphatic rings. The summed E-state index contributed by atoms with van der Waals surface area (Å²) in [5.74, 6) is -0.921. The van der Waals surface area contributed by atoms with Crippen LogP contribution in [0.5, 0.6) is 0 Å². The van der Waals surface area contributed by atoms with Crippen molar-refractivity contribution in [1.82, 2.24) is 4.31 Å². The molecule has 1 saturated heterocycles.